The highest BCUT2D eigenvalue weighted by Crippen LogP contribution is 2.16. The zero-order valence-electron chi connectivity index (χ0n) is 14.5. The summed E-state index contributed by atoms with van der Waals surface area (Å²) in [5, 5.41) is 10.0. The van der Waals surface area contributed by atoms with Crippen molar-refractivity contribution in [2.45, 2.75) is 31.5 Å². The lowest BCUT2D eigenvalue weighted by atomic mass is 10.1. The number of aliphatic hydroxyl groups excluding tert-OH is 1. The van der Waals surface area contributed by atoms with Gasteiger partial charge < -0.3 is 19.3 Å². The fraction of sp³-hybridized carbons (Fsp3) is 0.429. The average molecular weight is 342 g/mol. The third-order valence-corrected chi connectivity index (χ3v) is 4.31. The molecule has 1 N–H and O–H groups in total. The van der Waals surface area contributed by atoms with E-state index in [1.54, 1.807) is 0 Å². The number of hydrogen-bond donors (Lipinski definition) is 1. The molecule has 4 nitrogen and oxygen atoms in total. The lowest BCUT2D eigenvalue weighted by molar-refractivity contribution is -0.0659. The second-order valence-corrected chi connectivity index (χ2v) is 6.42. The van der Waals surface area contributed by atoms with Crippen LogP contribution in [0.3, 0.4) is 0 Å². The van der Waals surface area contributed by atoms with Crippen molar-refractivity contribution in [3.05, 3.63) is 65.7 Å². The molecule has 0 bridgehead atoms. The van der Waals surface area contributed by atoms with Crippen LogP contribution in [-0.2, 0) is 15.9 Å². The van der Waals surface area contributed by atoms with Crippen molar-refractivity contribution >= 4 is 0 Å². The van der Waals surface area contributed by atoms with E-state index in [1.165, 1.54) is 11.1 Å². The van der Waals surface area contributed by atoms with E-state index < -0.39 is 6.10 Å². The summed E-state index contributed by atoms with van der Waals surface area (Å²) in [7, 11) is 0. The van der Waals surface area contributed by atoms with Crippen molar-refractivity contribution in [3.8, 4) is 5.75 Å². The van der Waals surface area contributed by atoms with Crippen LogP contribution in [0.1, 0.15) is 24.0 Å². The predicted molar refractivity (Wildman–Crippen MR) is 97.0 cm³/mol. The average Bonchev–Trinajstić information content (AvgIpc) is 2.67. The Kier molecular flexibility index (Phi) is 6.86. The van der Waals surface area contributed by atoms with Crippen LogP contribution in [0.2, 0.25) is 0 Å². The number of rotatable bonds is 8. The van der Waals surface area contributed by atoms with Crippen LogP contribution >= 0.6 is 0 Å². The summed E-state index contributed by atoms with van der Waals surface area (Å²) in [6, 6.07) is 18.4. The first-order chi connectivity index (χ1) is 12.3. The largest absolute Gasteiger partial charge is 0.491 e. The highest BCUT2D eigenvalue weighted by Gasteiger charge is 2.16. The van der Waals surface area contributed by atoms with Crippen LogP contribution in [0, 0.1) is 0 Å². The maximum Gasteiger partial charge on any atom is 0.119 e. The molecule has 1 heterocycles. The van der Waals surface area contributed by atoms with E-state index in [2.05, 4.69) is 36.4 Å². The first-order valence-electron chi connectivity index (χ1n) is 8.92. The van der Waals surface area contributed by atoms with Crippen molar-refractivity contribution in [2.75, 3.05) is 26.4 Å². The molecule has 0 aliphatic carbocycles. The summed E-state index contributed by atoms with van der Waals surface area (Å²) in [6.45, 7) is 2.02. The molecule has 0 aromatic heterocycles. The third-order valence-electron chi connectivity index (χ3n) is 4.31. The fourth-order valence-electron chi connectivity index (χ4n) is 2.87. The normalized spacial score (nSPS) is 16.5. The number of benzene rings is 2. The van der Waals surface area contributed by atoms with Gasteiger partial charge in [-0.1, -0.05) is 42.5 Å². The smallest absolute Gasteiger partial charge is 0.119 e. The number of hydrogen-bond acceptors (Lipinski definition) is 4. The monoisotopic (exact) mass is 342 g/mol. The summed E-state index contributed by atoms with van der Waals surface area (Å²) in [4.78, 5) is 0. The van der Waals surface area contributed by atoms with Crippen LogP contribution in [0.25, 0.3) is 0 Å². The molecule has 134 valence electrons. The van der Waals surface area contributed by atoms with Gasteiger partial charge in [0.05, 0.1) is 12.7 Å². The molecule has 1 saturated heterocycles. The van der Waals surface area contributed by atoms with Crippen LogP contribution in [0.15, 0.2) is 54.6 Å². The van der Waals surface area contributed by atoms with Crippen molar-refractivity contribution in [2.24, 2.45) is 0 Å². The topological polar surface area (TPSA) is 47.9 Å². The standard InChI is InChI=1S/C21H26O4/c22-19(16-25-21-10-12-23-13-11-21)15-24-20-8-6-18(7-9-20)14-17-4-2-1-3-5-17/h1-9,19,21-22H,10-16H2. The lowest BCUT2D eigenvalue weighted by Gasteiger charge is -2.23. The van der Waals surface area contributed by atoms with Crippen molar-refractivity contribution in [3.63, 3.8) is 0 Å². The van der Waals surface area contributed by atoms with Crippen LogP contribution < -0.4 is 4.74 Å². The molecule has 1 unspecified atom stereocenters. The Labute approximate surface area is 149 Å². The SMILES string of the molecule is OC(COc1ccc(Cc2ccccc2)cc1)COC1CCOCC1. The van der Waals surface area contributed by atoms with Crippen LogP contribution in [0.4, 0.5) is 0 Å². The molecule has 0 spiro atoms. The van der Waals surface area contributed by atoms with E-state index >= 15 is 0 Å². The van der Waals surface area contributed by atoms with Gasteiger partial charge in [-0.3, -0.25) is 0 Å². The molecule has 2 aromatic rings. The highest BCUT2D eigenvalue weighted by atomic mass is 16.5. The van der Waals surface area contributed by atoms with E-state index in [1.807, 2.05) is 18.2 Å². The summed E-state index contributed by atoms with van der Waals surface area (Å²) in [6.07, 6.45) is 2.28. The quantitative estimate of drug-likeness (QED) is 0.800. The van der Waals surface area contributed by atoms with Gasteiger partial charge in [0.2, 0.25) is 0 Å². The van der Waals surface area contributed by atoms with Gasteiger partial charge in [0.15, 0.2) is 0 Å². The Hall–Kier alpha value is -1.88. The molecule has 2 aromatic carbocycles. The van der Waals surface area contributed by atoms with Gasteiger partial charge in [-0.2, -0.15) is 0 Å². The Morgan fingerprint density at radius 1 is 0.920 bits per heavy atom. The second kappa shape index (κ2) is 9.56. The first-order valence-corrected chi connectivity index (χ1v) is 8.92. The van der Waals surface area contributed by atoms with Crippen LogP contribution in [-0.4, -0.2) is 43.7 Å². The Morgan fingerprint density at radius 3 is 2.32 bits per heavy atom. The molecule has 0 saturated carbocycles. The minimum absolute atomic E-state index is 0.195. The Morgan fingerprint density at radius 2 is 1.60 bits per heavy atom. The van der Waals surface area contributed by atoms with Gasteiger partial charge in [0.1, 0.15) is 18.5 Å². The van der Waals surface area contributed by atoms with Gasteiger partial charge in [0, 0.05) is 13.2 Å². The second-order valence-electron chi connectivity index (χ2n) is 6.42. The van der Waals surface area contributed by atoms with Gasteiger partial charge in [-0.05, 0) is 42.5 Å². The zero-order chi connectivity index (χ0) is 17.3. The summed E-state index contributed by atoms with van der Waals surface area (Å²) in [5.74, 6) is 0.766. The third kappa shape index (κ3) is 6.16. The van der Waals surface area contributed by atoms with Gasteiger partial charge in [-0.25, -0.2) is 0 Å². The molecule has 0 amide bonds. The molecular weight excluding hydrogens is 316 g/mol. The van der Waals surface area contributed by atoms with Gasteiger partial charge in [-0.15, -0.1) is 0 Å². The summed E-state index contributed by atoms with van der Waals surface area (Å²) in [5.41, 5.74) is 2.53. The van der Waals surface area contributed by atoms with E-state index in [9.17, 15) is 5.11 Å². The molecule has 3 rings (SSSR count). The number of aliphatic hydroxyl groups is 1. The molecule has 1 aliphatic rings. The molecule has 4 heteroatoms. The number of ether oxygens (including phenoxy) is 3. The maximum absolute atomic E-state index is 10.0. The lowest BCUT2D eigenvalue weighted by Crippen LogP contribution is -2.30. The molecule has 1 atom stereocenters. The first kappa shape index (κ1) is 17.9. The predicted octanol–water partition coefficient (Wildman–Crippen LogP) is 3.21. The molecule has 1 fully saturated rings. The summed E-state index contributed by atoms with van der Waals surface area (Å²) < 4.78 is 16.7. The Balaban J connectivity index is 1.39. The molecular formula is C21H26O4. The van der Waals surface area contributed by atoms with E-state index in [-0.39, 0.29) is 12.7 Å². The molecule has 1 aliphatic heterocycles. The molecule has 25 heavy (non-hydrogen) atoms. The zero-order valence-corrected chi connectivity index (χ0v) is 14.5. The highest BCUT2D eigenvalue weighted by molar-refractivity contribution is 5.31. The van der Waals surface area contributed by atoms with E-state index in [0.717, 1.165) is 38.2 Å². The van der Waals surface area contributed by atoms with Gasteiger partial charge >= 0.3 is 0 Å². The minimum Gasteiger partial charge on any atom is -0.491 e. The van der Waals surface area contributed by atoms with Gasteiger partial charge in [0.25, 0.3) is 0 Å². The minimum atomic E-state index is -0.619. The van der Waals surface area contributed by atoms with E-state index in [0.29, 0.717) is 6.61 Å². The van der Waals surface area contributed by atoms with E-state index in [4.69, 9.17) is 14.2 Å². The van der Waals surface area contributed by atoms with Crippen molar-refractivity contribution < 1.29 is 19.3 Å². The van der Waals surface area contributed by atoms with Crippen molar-refractivity contribution in [1.29, 1.82) is 0 Å². The molecule has 0 radical (unpaired) electrons. The Bertz CT molecular complexity index is 606. The van der Waals surface area contributed by atoms with Crippen LogP contribution in [0.5, 0.6) is 5.75 Å². The summed E-state index contributed by atoms with van der Waals surface area (Å²) >= 11 is 0. The fourth-order valence-corrected chi connectivity index (χ4v) is 2.87. The maximum atomic E-state index is 10.0. The van der Waals surface area contributed by atoms with Crippen molar-refractivity contribution in [1.82, 2.24) is 0 Å².